The van der Waals surface area contributed by atoms with E-state index in [1.54, 1.807) is 32.1 Å². The third-order valence-corrected chi connectivity index (χ3v) is 4.49. The average Bonchev–Trinajstić information content (AvgIpc) is 2.99. The number of ether oxygens (including phenoxy) is 3. The van der Waals surface area contributed by atoms with E-state index in [4.69, 9.17) is 14.2 Å². The van der Waals surface area contributed by atoms with E-state index in [1.165, 1.54) is 27.2 Å². The Bertz CT molecular complexity index is 984. The summed E-state index contributed by atoms with van der Waals surface area (Å²) >= 11 is 0. The zero-order valence-corrected chi connectivity index (χ0v) is 17.5. The Hall–Kier alpha value is -3.35. The number of nitrogens with one attached hydrogen (secondary N) is 1. The maximum absolute atomic E-state index is 12.5. The summed E-state index contributed by atoms with van der Waals surface area (Å²) in [7, 11) is 2.98. The number of aryl methyl sites for hydroxylation is 1. The number of hydrogen-bond acceptors (Lipinski definition) is 6. The lowest BCUT2D eigenvalue weighted by Gasteiger charge is -2.13. The largest absolute Gasteiger partial charge is 0.493 e. The van der Waals surface area contributed by atoms with Gasteiger partial charge in [0.05, 0.1) is 25.5 Å². The third kappa shape index (κ3) is 4.56. The first-order valence-corrected chi connectivity index (χ1v) is 9.04. The Morgan fingerprint density at radius 2 is 1.79 bits per heavy atom. The van der Waals surface area contributed by atoms with Crippen molar-refractivity contribution < 1.29 is 28.6 Å². The summed E-state index contributed by atoms with van der Waals surface area (Å²) < 4.78 is 15.8. The lowest BCUT2D eigenvalue weighted by atomic mass is 10.1. The number of carbonyl (C=O) groups excluding carboxylic acids is 3. The molecule has 7 nitrogen and oxygen atoms in total. The summed E-state index contributed by atoms with van der Waals surface area (Å²) in [6.45, 7) is 6.23. The van der Waals surface area contributed by atoms with Gasteiger partial charge in [0.1, 0.15) is 0 Å². The quantitative estimate of drug-likeness (QED) is 0.534. The van der Waals surface area contributed by atoms with E-state index in [0.29, 0.717) is 33.9 Å². The number of Topliss-reactive ketones (excluding diaryl/α,β-unsaturated/α-hetero) is 2. The molecule has 0 fully saturated rings. The molecule has 0 spiro atoms. The lowest BCUT2D eigenvalue weighted by molar-refractivity contribution is 0.0473. The summed E-state index contributed by atoms with van der Waals surface area (Å²) in [4.78, 5) is 39.7. The average molecular weight is 399 g/mol. The van der Waals surface area contributed by atoms with Gasteiger partial charge in [0, 0.05) is 16.8 Å². The van der Waals surface area contributed by atoms with Gasteiger partial charge in [0.2, 0.25) is 5.78 Å². The maximum atomic E-state index is 12.5. The molecule has 0 aliphatic heterocycles. The second kappa shape index (κ2) is 9.23. The topological polar surface area (TPSA) is 94.7 Å². The van der Waals surface area contributed by atoms with Gasteiger partial charge < -0.3 is 19.2 Å². The number of carbonyl (C=O) groups is 3. The summed E-state index contributed by atoms with van der Waals surface area (Å²) in [5.41, 5.74) is 2.79. The summed E-state index contributed by atoms with van der Waals surface area (Å²) in [5.74, 6) is -0.344. The lowest BCUT2D eigenvalue weighted by Crippen LogP contribution is -2.16. The Kier molecular flexibility index (Phi) is 6.98. The van der Waals surface area contributed by atoms with E-state index in [-0.39, 0.29) is 17.0 Å². The smallest absolute Gasteiger partial charge is 0.338 e. The van der Waals surface area contributed by atoms with Gasteiger partial charge in [-0.25, -0.2) is 4.79 Å². The van der Waals surface area contributed by atoms with Gasteiger partial charge >= 0.3 is 5.97 Å². The minimum atomic E-state index is -0.669. The Morgan fingerprint density at radius 1 is 1.10 bits per heavy atom. The highest BCUT2D eigenvalue weighted by Crippen LogP contribution is 2.33. The molecule has 2 rings (SSSR count). The number of benzene rings is 1. The standard InChI is InChI=1S/C22H25NO6/c1-7-8-15-9-16(10-18(27-5)21(15)28-6)22(26)29-11-17(25)20-12(2)19(14(4)24)13(3)23-20/h7-10,23H,11H2,1-6H3. The summed E-state index contributed by atoms with van der Waals surface area (Å²) in [5, 5.41) is 0. The fourth-order valence-corrected chi connectivity index (χ4v) is 3.26. The van der Waals surface area contributed by atoms with Gasteiger partial charge in [-0.3, -0.25) is 9.59 Å². The van der Waals surface area contributed by atoms with Crippen molar-refractivity contribution in [2.24, 2.45) is 0 Å². The van der Waals surface area contributed by atoms with Crippen LogP contribution in [0.4, 0.5) is 0 Å². The van der Waals surface area contributed by atoms with Gasteiger partial charge in [-0.2, -0.15) is 0 Å². The second-order valence-corrected chi connectivity index (χ2v) is 6.48. The van der Waals surface area contributed by atoms with Gasteiger partial charge in [-0.15, -0.1) is 0 Å². The van der Waals surface area contributed by atoms with Crippen LogP contribution in [-0.2, 0) is 4.74 Å². The molecule has 1 aromatic heterocycles. The van der Waals surface area contributed by atoms with Crippen LogP contribution < -0.4 is 9.47 Å². The van der Waals surface area contributed by atoms with Gasteiger partial charge in [0.15, 0.2) is 23.9 Å². The molecule has 1 N–H and O–H groups in total. The number of ketones is 2. The van der Waals surface area contributed by atoms with Crippen molar-refractivity contribution in [1.29, 1.82) is 0 Å². The molecule has 0 aliphatic carbocycles. The predicted molar refractivity (Wildman–Crippen MR) is 109 cm³/mol. The first kappa shape index (κ1) is 21.9. The minimum Gasteiger partial charge on any atom is -0.493 e. The highest BCUT2D eigenvalue weighted by Gasteiger charge is 2.22. The van der Waals surface area contributed by atoms with Crippen molar-refractivity contribution in [3.05, 3.63) is 51.9 Å². The first-order chi connectivity index (χ1) is 13.7. The van der Waals surface area contributed by atoms with Crippen LogP contribution in [0.15, 0.2) is 18.2 Å². The van der Waals surface area contributed by atoms with Gasteiger partial charge in [-0.05, 0) is 45.4 Å². The number of aromatic amines is 1. The monoisotopic (exact) mass is 399 g/mol. The molecule has 1 aromatic carbocycles. The van der Waals surface area contributed by atoms with Crippen LogP contribution in [0.1, 0.15) is 61.9 Å². The van der Waals surface area contributed by atoms with Crippen LogP contribution >= 0.6 is 0 Å². The van der Waals surface area contributed by atoms with Crippen molar-refractivity contribution in [1.82, 2.24) is 4.98 Å². The fourth-order valence-electron chi connectivity index (χ4n) is 3.26. The number of methoxy groups -OCH3 is 2. The van der Waals surface area contributed by atoms with E-state index in [1.807, 2.05) is 6.92 Å². The minimum absolute atomic E-state index is 0.130. The molecule has 29 heavy (non-hydrogen) atoms. The van der Waals surface area contributed by atoms with Crippen molar-refractivity contribution >= 4 is 23.6 Å². The Balaban J connectivity index is 2.23. The zero-order valence-electron chi connectivity index (χ0n) is 17.5. The number of esters is 1. The molecule has 0 aliphatic rings. The molecule has 2 aromatic rings. The Labute approximate surface area is 169 Å². The van der Waals surface area contributed by atoms with E-state index in [9.17, 15) is 14.4 Å². The highest BCUT2D eigenvalue weighted by atomic mass is 16.5. The second-order valence-electron chi connectivity index (χ2n) is 6.48. The molecule has 0 saturated carbocycles. The van der Waals surface area contributed by atoms with Gasteiger partial charge in [-0.1, -0.05) is 12.2 Å². The first-order valence-electron chi connectivity index (χ1n) is 9.04. The van der Waals surface area contributed by atoms with Crippen molar-refractivity contribution in [2.75, 3.05) is 20.8 Å². The molecule has 0 bridgehead atoms. The molecule has 0 amide bonds. The molecular weight excluding hydrogens is 374 g/mol. The number of H-pyrrole nitrogens is 1. The van der Waals surface area contributed by atoms with E-state index in [0.717, 1.165) is 0 Å². The highest BCUT2D eigenvalue weighted by molar-refractivity contribution is 6.04. The normalized spacial score (nSPS) is 10.8. The van der Waals surface area contributed by atoms with E-state index < -0.39 is 18.4 Å². The number of hydrogen-bond donors (Lipinski definition) is 1. The zero-order chi connectivity index (χ0) is 21.7. The maximum Gasteiger partial charge on any atom is 0.338 e. The van der Waals surface area contributed by atoms with Gasteiger partial charge in [0.25, 0.3) is 0 Å². The molecule has 0 radical (unpaired) electrons. The third-order valence-electron chi connectivity index (χ3n) is 4.49. The molecular formula is C22H25NO6. The summed E-state index contributed by atoms with van der Waals surface area (Å²) in [6, 6.07) is 3.10. The SMILES string of the molecule is CC=Cc1cc(C(=O)OCC(=O)c2[nH]c(C)c(C(C)=O)c2C)cc(OC)c1OC. The molecule has 0 unspecified atom stereocenters. The van der Waals surface area contributed by atoms with Crippen LogP contribution in [0, 0.1) is 13.8 Å². The molecule has 0 saturated heterocycles. The van der Waals surface area contributed by atoms with Crippen LogP contribution in [0.2, 0.25) is 0 Å². The molecule has 154 valence electrons. The van der Waals surface area contributed by atoms with E-state index in [2.05, 4.69) is 4.98 Å². The van der Waals surface area contributed by atoms with Crippen LogP contribution in [-0.4, -0.2) is 43.3 Å². The van der Waals surface area contributed by atoms with Crippen molar-refractivity contribution in [3.63, 3.8) is 0 Å². The number of allylic oxidation sites excluding steroid dienone is 1. The van der Waals surface area contributed by atoms with Crippen LogP contribution in [0.25, 0.3) is 6.08 Å². The van der Waals surface area contributed by atoms with Crippen molar-refractivity contribution in [3.8, 4) is 11.5 Å². The molecule has 0 atom stereocenters. The van der Waals surface area contributed by atoms with Crippen molar-refractivity contribution in [2.45, 2.75) is 27.7 Å². The summed E-state index contributed by atoms with van der Waals surface area (Å²) in [6.07, 6.45) is 3.58. The van der Waals surface area contributed by atoms with Crippen LogP contribution in [0.3, 0.4) is 0 Å². The number of rotatable bonds is 8. The number of aromatic nitrogens is 1. The molecule has 1 heterocycles. The molecule has 7 heteroatoms. The fraction of sp³-hybridized carbons (Fsp3) is 0.318. The van der Waals surface area contributed by atoms with E-state index >= 15 is 0 Å². The Morgan fingerprint density at radius 3 is 2.31 bits per heavy atom. The predicted octanol–water partition coefficient (Wildman–Crippen LogP) is 3.92. The van der Waals surface area contributed by atoms with Crippen LogP contribution in [0.5, 0.6) is 11.5 Å².